The molecule has 22 heavy (non-hydrogen) atoms. The minimum Gasteiger partial charge on any atom is -0.423 e. The van der Waals surface area contributed by atoms with Gasteiger partial charge in [0.1, 0.15) is 5.75 Å². The second-order valence-electron chi connectivity index (χ2n) is 4.65. The number of carbonyl (C=O) groups excluding carboxylic acids is 1. The molecule has 0 bridgehead atoms. The minimum absolute atomic E-state index is 0.226. The van der Waals surface area contributed by atoms with E-state index in [1.165, 1.54) is 0 Å². The van der Waals surface area contributed by atoms with Gasteiger partial charge in [0.2, 0.25) is 0 Å². The monoisotopic (exact) mass is 302 g/mol. The Balaban J connectivity index is 1.90. The zero-order valence-corrected chi connectivity index (χ0v) is 11.1. The van der Waals surface area contributed by atoms with Crippen LogP contribution in [0.15, 0.2) is 54.6 Å². The Morgan fingerprint density at radius 1 is 0.818 bits per heavy atom. The molecule has 0 saturated heterocycles. The summed E-state index contributed by atoms with van der Waals surface area (Å²) < 4.78 is 43.9. The third-order valence-corrected chi connectivity index (χ3v) is 3.15. The van der Waals surface area contributed by atoms with Crippen LogP contribution in [-0.2, 0) is 0 Å². The van der Waals surface area contributed by atoms with E-state index in [4.69, 9.17) is 4.74 Å². The molecule has 0 aliphatic carbocycles. The third kappa shape index (κ3) is 2.65. The first-order valence-corrected chi connectivity index (χ1v) is 6.40. The average Bonchev–Trinajstić information content (AvgIpc) is 2.52. The van der Waals surface area contributed by atoms with E-state index < -0.39 is 29.2 Å². The average molecular weight is 302 g/mol. The second kappa shape index (κ2) is 5.52. The molecule has 3 aromatic rings. The first kappa shape index (κ1) is 14.1. The molecule has 0 heterocycles. The van der Waals surface area contributed by atoms with Gasteiger partial charge in [-0.05, 0) is 22.9 Å². The lowest BCUT2D eigenvalue weighted by molar-refractivity contribution is 0.0733. The fourth-order valence-corrected chi connectivity index (χ4v) is 2.07. The number of esters is 1. The summed E-state index contributed by atoms with van der Waals surface area (Å²) in [7, 11) is 0. The summed E-state index contributed by atoms with van der Waals surface area (Å²) in [5.74, 6) is -5.61. The van der Waals surface area contributed by atoms with Crippen molar-refractivity contribution in [1.82, 2.24) is 0 Å². The normalized spacial score (nSPS) is 10.7. The molecule has 0 N–H and O–H groups in total. The number of benzene rings is 3. The number of carbonyl (C=O) groups is 1. The predicted molar refractivity (Wildman–Crippen MR) is 75.2 cm³/mol. The third-order valence-electron chi connectivity index (χ3n) is 3.15. The van der Waals surface area contributed by atoms with E-state index in [2.05, 4.69) is 0 Å². The van der Waals surface area contributed by atoms with Crippen LogP contribution in [0, 0.1) is 17.5 Å². The number of fused-ring (bicyclic) bond motifs is 1. The van der Waals surface area contributed by atoms with Crippen molar-refractivity contribution in [2.75, 3.05) is 0 Å². The molecule has 110 valence electrons. The van der Waals surface area contributed by atoms with E-state index in [9.17, 15) is 18.0 Å². The van der Waals surface area contributed by atoms with Gasteiger partial charge in [-0.1, -0.05) is 30.3 Å². The van der Waals surface area contributed by atoms with Crippen molar-refractivity contribution in [2.45, 2.75) is 0 Å². The smallest absolute Gasteiger partial charge is 0.343 e. The van der Waals surface area contributed by atoms with Crippen molar-refractivity contribution < 1.29 is 22.7 Å². The summed E-state index contributed by atoms with van der Waals surface area (Å²) in [5, 5.41) is 1.77. The van der Waals surface area contributed by atoms with Gasteiger partial charge in [-0.15, -0.1) is 0 Å². The van der Waals surface area contributed by atoms with Gasteiger partial charge in [-0.25, -0.2) is 18.0 Å². The lowest BCUT2D eigenvalue weighted by Crippen LogP contribution is -2.09. The van der Waals surface area contributed by atoms with Gasteiger partial charge in [-0.2, -0.15) is 0 Å². The van der Waals surface area contributed by atoms with Gasteiger partial charge in [0.25, 0.3) is 0 Å². The lowest BCUT2D eigenvalue weighted by atomic mass is 10.1. The topological polar surface area (TPSA) is 26.3 Å². The van der Waals surface area contributed by atoms with Gasteiger partial charge < -0.3 is 4.74 Å². The molecule has 2 nitrogen and oxygen atoms in total. The standard InChI is InChI=1S/C17H9F3O2/c18-14-8-13(9-15(19)16(14)20)22-17(21)12-6-5-10-3-1-2-4-11(10)7-12/h1-9H. The van der Waals surface area contributed by atoms with E-state index >= 15 is 0 Å². The van der Waals surface area contributed by atoms with Crippen LogP contribution in [0.2, 0.25) is 0 Å². The highest BCUT2D eigenvalue weighted by atomic mass is 19.2. The maximum atomic E-state index is 13.1. The van der Waals surface area contributed by atoms with Crippen molar-refractivity contribution in [3.05, 3.63) is 77.6 Å². The van der Waals surface area contributed by atoms with Crippen LogP contribution in [-0.4, -0.2) is 5.97 Å². The van der Waals surface area contributed by atoms with E-state index in [-0.39, 0.29) is 5.56 Å². The first-order chi connectivity index (χ1) is 10.5. The number of halogens is 3. The molecular weight excluding hydrogens is 293 g/mol. The maximum absolute atomic E-state index is 13.1. The maximum Gasteiger partial charge on any atom is 0.343 e. The molecule has 0 fully saturated rings. The number of rotatable bonds is 2. The molecule has 0 atom stereocenters. The first-order valence-electron chi connectivity index (χ1n) is 6.40. The van der Waals surface area contributed by atoms with Crippen molar-refractivity contribution in [3.63, 3.8) is 0 Å². The molecule has 3 rings (SSSR count). The fourth-order valence-electron chi connectivity index (χ4n) is 2.07. The summed E-state index contributed by atoms with van der Waals surface area (Å²) in [6, 6.07) is 13.5. The highest BCUT2D eigenvalue weighted by Gasteiger charge is 2.15. The summed E-state index contributed by atoms with van der Waals surface area (Å²) in [5.41, 5.74) is 0.226. The van der Waals surface area contributed by atoms with Gasteiger partial charge in [-0.3, -0.25) is 0 Å². The van der Waals surface area contributed by atoms with Crippen LogP contribution in [0.25, 0.3) is 10.8 Å². The largest absolute Gasteiger partial charge is 0.423 e. The Morgan fingerprint density at radius 2 is 1.45 bits per heavy atom. The Morgan fingerprint density at radius 3 is 2.14 bits per heavy atom. The Kier molecular flexibility index (Phi) is 3.55. The van der Waals surface area contributed by atoms with Gasteiger partial charge in [0, 0.05) is 12.1 Å². The quantitative estimate of drug-likeness (QED) is 0.396. The van der Waals surface area contributed by atoms with E-state index in [1.807, 2.05) is 24.3 Å². The number of hydrogen-bond donors (Lipinski definition) is 0. The molecule has 0 spiro atoms. The van der Waals surface area contributed by atoms with Crippen molar-refractivity contribution in [3.8, 4) is 5.75 Å². The highest BCUT2D eigenvalue weighted by molar-refractivity contribution is 5.96. The second-order valence-corrected chi connectivity index (χ2v) is 4.65. The van der Waals surface area contributed by atoms with Crippen LogP contribution >= 0.6 is 0 Å². The zero-order valence-electron chi connectivity index (χ0n) is 11.1. The lowest BCUT2D eigenvalue weighted by Gasteiger charge is -2.06. The molecule has 5 heteroatoms. The summed E-state index contributed by atoms with van der Waals surface area (Å²) >= 11 is 0. The molecule has 0 aliphatic heterocycles. The summed E-state index contributed by atoms with van der Waals surface area (Å²) in [4.78, 5) is 12.0. The van der Waals surface area contributed by atoms with Crippen molar-refractivity contribution in [2.24, 2.45) is 0 Å². The number of hydrogen-bond acceptors (Lipinski definition) is 2. The van der Waals surface area contributed by atoms with Crippen molar-refractivity contribution >= 4 is 16.7 Å². The molecule has 0 amide bonds. The zero-order chi connectivity index (χ0) is 15.7. The molecule has 0 unspecified atom stereocenters. The van der Waals surface area contributed by atoms with E-state index in [1.54, 1.807) is 18.2 Å². The minimum atomic E-state index is -1.61. The highest BCUT2D eigenvalue weighted by Crippen LogP contribution is 2.21. The van der Waals surface area contributed by atoms with Gasteiger partial charge in [0.15, 0.2) is 17.5 Å². The van der Waals surface area contributed by atoms with E-state index in [0.29, 0.717) is 12.1 Å². The van der Waals surface area contributed by atoms with Gasteiger partial charge >= 0.3 is 5.97 Å². The Bertz CT molecular complexity index is 852. The van der Waals surface area contributed by atoms with Crippen LogP contribution in [0.5, 0.6) is 5.75 Å². The summed E-state index contributed by atoms with van der Waals surface area (Å²) in [6.45, 7) is 0. The molecule has 0 radical (unpaired) electrons. The molecule has 0 saturated carbocycles. The predicted octanol–water partition coefficient (Wildman–Crippen LogP) is 4.48. The Hall–Kier alpha value is -2.82. The number of ether oxygens (including phenoxy) is 1. The molecular formula is C17H9F3O2. The SMILES string of the molecule is O=C(Oc1cc(F)c(F)c(F)c1)c1ccc2ccccc2c1. The Labute approximate surface area is 123 Å². The fraction of sp³-hybridized carbons (Fsp3) is 0. The van der Waals surface area contributed by atoms with Crippen molar-refractivity contribution in [1.29, 1.82) is 0 Å². The van der Waals surface area contributed by atoms with Crippen LogP contribution in [0.1, 0.15) is 10.4 Å². The molecule has 3 aromatic carbocycles. The van der Waals surface area contributed by atoms with Crippen LogP contribution in [0.4, 0.5) is 13.2 Å². The van der Waals surface area contributed by atoms with Crippen LogP contribution < -0.4 is 4.74 Å². The van der Waals surface area contributed by atoms with Crippen LogP contribution in [0.3, 0.4) is 0 Å². The van der Waals surface area contributed by atoms with Gasteiger partial charge in [0.05, 0.1) is 5.56 Å². The molecule has 0 aliphatic rings. The van der Waals surface area contributed by atoms with E-state index in [0.717, 1.165) is 10.8 Å². The molecule has 0 aromatic heterocycles. The summed E-state index contributed by atoms with van der Waals surface area (Å²) in [6.07, 6.45) is 0.